The molecule has 0 amide bonds. The predicted octanol–water partition coefficient (Wildman–Crippen LogP) is 4.19. The van der Waals surface area contributed by atoms with Gasteiger partial charge < -0.3 is 10.6 Å². The molecule has 136 valence electrons. The van der Waals surface area contributed by atoms with E-state index in [0.29, 0.717) is 6.54 Å². The van der Waals surface area contributed by atoms with Crippen LogP contribution in [0.15, 0.2) is 54.7 Å². The number of aromatic nitrogens is 4. The molecule has 2 N–H and O–H groups in total. The van der Waals surface area contributed by atoms with Crippen molar-refractivity contribution in [3.05, 3.63) is 71.0 Å². The lowest BCUT2D eigenvalue weighted by molar-refractivity contribution is 0.673. The van der Waals surface area contributed by atoms with Gasteiger partial charge in [-0.25, -0.2) is 4.98 Å². The van der Waals surface area contributed by atoms with E-state index >= 15 is 0 Å². The van der Waals surface area contributed by atoms with E-state index in [0.717, 1.165) is 38.7 Å². The summed E-state index contributed by atoms with van der Waals surface area (Å²) < 4.78 is 2.00. The van der Waals surface area contributed by atoms with Crippen LogP contribution in [0.3, 0.4) is 0 Å². The number of nitrogens with two attached hydrogens (primary N) is 1. The van der Waals surface area contributed by atoms with Crippen LogP contribution in [0.2, 0.25) is 5.02 Å². The van der Waals surface area contributed by atoms with Gasteiger partial charge in [-0.3, -0.25) is 4.68 Å². The molecule has 0 spiro atoms. The van der Waals surface area contributed by atoms with Crippen LogP contribution in [0.25, 0.3) is 10.9 Å². The zero-order chi connectivity index (χ0) is 19.0. The molecular weight excluding hydrogens is 360 g/mol. The third kappa shape index (κ3) is 3.44. The van der Waals surface area contributed by atoms with Crippen LogP contribution in [0.1, 0.15) is 11.3 Å². The highest BCUT2D eigenvalue weighted by atomic mass is 35.5. The fourth-order valence-corrected chi connectivity index (χ4v) is 3.32. The molecule has 0 radical (unpaired) electrons. The molecule has 0 atom stereocenters. The van der Waals surface area contributed by atoms with E-state index in [1.165, 1.54) is 0 Å². The lowest BCUT2D eigenvalue weighted by Crippen LogP contribution is -2.12. The third-order valence-electron chi connectivity index (χ3n) is 4.60. The summed E-state index contributed by atoms with van der Waals surface area (Å²) in [6.45, 7) is 2.75. The Kier molecular flexibility index (Phi) is 4.41. The average Bonchev–Trinajstić information content (AvgIpc) is 2.96. The van der Waals surface area contributed by atoms with Crippen molar-refractivity contribution in [2.45, 2.75) is 13.5 Å². The summed E-state index contributed by atoms with van der Waals surface area (Å²) in [5.74, 6) is 0.985. The maximum atomic E-state index is 6.10. The molecule has 2 heterocycles. The van der Waals surface area contributed by atoms with E-state index in [9.17, 15) is 0 Å². The topological polar surface area (TPSA) is 72.9 Å². The van der Waals surface area contributed by atoms with Gasteiger partial charge in [0.15, 0.2) is 0 Å². The van der Waals surface area contributed by atoms with Gasteiger partial charge in [-0.15, -0.1) is 0 Å². The van der Waals surface area contributed by atoms with Gasteiger partial charge in [0.05, 0.1) is 12.1 Å². The third-order valence-corrected chi connectivity index (χ3v) is 4.83. The molecule has 4 aromatic rings. The smallest absolute Gasteiger partial charge is 0.221 e. The molecule has 27 heavy (non-hydrogen) atoms. The van der Waals surface area contributed by atoms with Crippen LogP contribution < -0.4 is 10.6 Å². The van der Waals surface area contributed by atoms with Crippen molar-refractivity contribution in [3.8, 4) is 0 Å². The Morgan fingerprint density at radius 3 is 2.78 bits per heavy atom. The van der Waals surface area contributed by atoms with Gasteiger partial charge >= 0.3 is 0 Å². The van der Waals surface area contributed by atoms with Crippen LogP contribution in [-0.2, 0) is 6.54 Å². The zero-order valence-electron chi connectivity index (χ0n) is 15.1. The fraction of sp³-hybridized carbons (Fsp3) is 0.150. The van der Waals surface area contributed by atoms with Crippen LogP contribution in [-0.4, -0.2) is 26.8 Å². The largest absolute Gasteiger partial charge is 0.368 e. The Balaban J connectivity index is 1.68. The van der Waals surface area contributed by atoms with Gasteiger partial charge in [-0.05, 0) is 48.9 Å². The highest BCUT2D eigenvalue weighted by Crippen LogP contribution is 2.27. The molecule has 7 heteroatoms. The van der Waals surface area contributed by atoms with Gasteiger partial charge in [0.1, 0.15) is 5.82 Å². The highest BCUT2D eigenvalue weighted by molar-refractivity contribution is 6.30. The number of aryl methyl sites for hydroxylation is 1. The standard InChI is InChI=1S/C20H19ClN6/c1-13-17-7-6-16(26(2)19-8-9-23-20(22)24-19)11-18(17)25-27(13)12-14-4-3-5-15(21)10-14/h3-11H,12H2,1-2H3,(H2,22,23,24). The molecule has 2 aromatic heterocycles. The monoisotopic (exact) mass is 378 g/mol. The second-order valence-electron chi connectivity index (χ2n) is 6.41. The first kappa shape index (κ1) is 17.3. The maximum Gasteiger partial charge on any atom is 0.221 e. The van der Waals surface area contributed by atoms with Gasteiger partial charge in [-0.2, -0.15) is 10.1 Å². The second-order valence-corrected chi connectivity index (χ2v) is 6.84. The van der Waals surface area contributed by atoms with Gasteiger partial charge in [0.2, 0.25) is 5.95 Å². The number of nitrogen functional groups attached to an aromatic ring is 1. The average molecular weight is 379 g/mol. The minimum Gasteiger partial charge on any atom is -0.368 e. The number of halogens is 1. The van der Waals surface area contributed by atoms with Crippen molar-refractivity contribution in [1.82, 2.24) is 19.7 Å². The van der Waals surface area contributed by atoms with Gasteiger partial charge in [-0.1, -0.05) is 23.7 Å². The summed E-state index contributed by atoms with van der Waals surface area (Å²) in [6.07, 6.45) is 1.65. The Morgan fingerprint density at radius 1 is 1.15 bits per heavy atom. The van der Waals surface area contributed by atoms with Crippen molar-refractivity contribution in [2.75, 3.05) is 17.7 Å². The van der Waals surface area contributed by atoms with Crippen LogP contribution in [0, 0.1) is 6.92 Å². The van der Waals surface area contributed by atoms with E-state index in [4.69, 9.17) is 22.4 Å². The van der Waals surface area contributed by atoms with Crippen molar-refractivity contribution in [3.63, 3.8) is 0 Å². The molecule has 6 nitrogen and oxygen atoms in total. The van der Waals surface area contributed by atoms with Gasteiger partial charge in [0.25, 0.3) is 0 Å². The SMILES string of the molecule is Cc1c2ccc(N(C)c3ccnc(N)n3)cc2nn1Cc1cccc(Cl)c1. The lowest BCUT2D eigenvalue weighted by atomic mass is 10.2. The highest BCUT2D eigenvalue weighted by Gasteiger charge is 2.12. The number of benzene rings is 2. The summed E-state index contributed by atoms with van der Waals surface area (Å²) >= 11 is 6.10. The molecule has 2 aromatic carbocycles. The van der Waals surface area contributed by atoms with Crippen LogP contribution >= 0.6 is 11.6 Å². The lowest BCUT2D eigenvalue weighted by Gasteiger charge is -2.18. The summed E-state index contributed by atoms with van der Waals surface area (Å²) in [5.41, 5.74) is 9.84. The molecular formula is C20H19ClN6. The second kappa shape index (κ2) is 6.89. The molecule has 0 saturated heterocycles. The van der Waals surface area contributed by atoms with E-state index in [1.54, 1.807) is 6.20 Å². The van der Waals surface area contributed by atoms with Crippen LogP contribution in [0.5, 0.6) is 0 Å². The minimum absolute atomic E-state index is 0.252. The Labute approximate surface area is 162 Å². The normalized spacial score (nSPS) is 11.1. The number of hydrogen-bond acceptors (Lipinski definition) is 5. The van der Waals surface area contributed by atoms with Crippen molar-refractivity contribution < 1.29 is 0 Å². The fourth-order valence-electron chi connectivity index (χ4n) is 3.11. The molecule has 0 aliphatic heterocycles. The number of anilines is 3. The number of nitrogens with zero attached hydrogens (tertiary/aromatic N) is 5. The van der Waals surface area contributed by atoms with E-state index in [-0.39, 0.29) is 5.95 Å². The summed E-state index contributed by atoms with van der Waals surface area (Å²) in [4.78, 5) is 10.2. The molecule has 0 aliphatic rings. The van der Waals surface area contributed by atoms with E-state index in [2.05, 4.69) is 41.2 Å². The summed E-state index contributed by atoms with van der Waals surface area (Å²) in [7, 11) is 1.94. The first-order chi connectivity index (χ1) is 13.0. The summed E-state index contributed by atoms with van der Waals surface area (Å²) in [6, 6.07) is 15.9. The van der Waals surface area contributed by atoms with Gasteiger partial charge in [0, 0.05) is 35.0 Å². The predicted molar refractivity (Wildman–Crippen MR) is 110 cm³/mol. The first-order valence-corrected chi connectivity index (χ1v) is 8.93. The van der Waals surface area contributed by atoms with Crippen molar-refractivity contribution in [1.29, 1.82) is 0 Å². The molecule has 0 saturated carbocycles. The van der Waals surface area contributed by atoms with E-state index < -0.39 is 0 Å². The number of fused-ring (bicyclic) bond motifs is 1. The zero-order valence-corrected chi connectivity index (χ0v) is 15.9. The summed E-state index contributed by atoms with van der Waals surface area (Å²) in [5, 5.41) is 6.63. The van der Waals surface area contributed by atoms with Crippen LogP contribution in [0.4, 0.5) is 17.5 Å². The van der Waals surface area contributed by atoms with Crippen molar-refractivity contribution >= 4 is 40.0 Å². The molecule has 4 rings (SSSR count). The Bertz CT molecular complexity index is 1120. The molecule has 0 fully saturated rings. The molecule has 0 bridgehead atoms. The first-order valence-electron chi connectivity index (χ1n) is 8.55. The molecule has 0 unspecified atom stereocenters. The van der Waals surface area contributed by atoms with Crippen molar-refractivity contribution in [2.24, 2.45) is 0 Å². The number of rotatable bonds is 4. The minimum atomic E-state index is 0.252. The van der Waals surface area contributed by atoms with E-state index in [1.807, 2.05) is 40.9 Å². The maximum absolute atomic E-state index is 6.10. The number of hydrogen-bond donors (Lipinski definition) is 1. The Morgan fingerprint density at radius 2 is 2.00 bits per heavy atom. The molecule has 0 aliphatic carbocycles. The Hall–Kier alpha value is -3.12. The quantitative estimate of drug-likeness (QED) is 0.576.